The highest BCUT2D eigenvalue weighted by atomic mass is 16.5. The van der Waals surface area contributed by atoms with E-state index in [1.165, 1.54) is 0 Å². The normalized spacial score (nSPS) is 13.0. The fourth-order valence-corrected chi connectivity index (χ4v) is 3.42. The molecule has 2 aromatic carbocycles. The van der Waals surface area contributed by atoms with Gasteiger partial charge < -0.3 is 19.5 Å². The number of para-hydroxylation sites is 2. The molecule has 0 saturated carbocycles. The lowest BCUT2D eigenvalue weighted by atomic mass is 10.1. The molecule has 0 saturated heterocycles. The summed E-state index contributed by atoms with van der Waals surface area (Å²) in [5.74, 6) is 0.700. The van der Waals surface area contributed by atoms with Crippen molar-refractivity contribution in [3.63, 3.8) is 0 Å². The lowest BCUT2D eigenvalue weighted by Crippen LogP contribution is -2.18. The van der Waals surface area contributed by atoms with Crippen LogP contribution in [0.3, 0.4) is 0 Å². The third-order valence-electron chi connectivity index (χ3n) is 4.78. The first-order valence-corrected chi connectivity index (χ1v) is 8.92. The quantitative estimate of drug-likeness (QED) is 0.768. The van der Waals surface area contributed by atoms with Crippen molar-refractivity contribution in [3.8, 4) is 5.75 Å². The summed E-state index contributed by atoms with van der Waals surface area (Å²) >= 11 is 0. The van der Waals surface area contributed by atoms with Crippen LogP contribution < -0.4 is 10.1 Å². The number of nitrogens with one attached hydrogen (secondary N) is 1. The first kappa shape index (κ1) is 16.7. The van der Waals surface area contributed by atoms with Gasteiger partial charge in [0.1, 0.15) is 5.75 Å². The first-order chi connectivity index (χ1) is 12.6. The summed E-state index contributed by atoms with van der Waals surface area (Å²) in [6.45, 7) is 2.43. The smallest absolute Gasteiger partial charge is 0.257 e. The van der Waals surface area contributed by atoms with E-state index in [-0.39, 0.29) is 5.91 Å². The third-order valence-corrected chi connectivity index (χ3v) is 4.78. The van der Waals surface area contributed by atoms with Crippen molar-refractivity contribution in [2.24, 2.45) is 0 Å². The molecule has 0 radical (unpaired) electrons. The van der Waals surface area contributed by atoms with Crippen molar-refractivity contribution < 1.29 is 9.53 Å². The van der Waals surface area contributed by atoms with Gasteiger partial charge in [0, 0.05) is 36.6 Å². The topological polar surface area (TPSA) is 46.5 Å². The number of carbonyl (C=O) groups excluding carboxylic acids is 1. The van der Waals surface area contributed by atoms with E-state index in [1.807, 2.05) is 42.6 Å². The molecule has 0 unspecified atom stereocenters. The largest absolute Gasteiger partial charge is 0.491 e. The van der Waals surface area contributed by atoms with E-state index in [0.29, 0.717) is 12.2 Å². The Kier molecular flexibility index (Phi) is 4.39. The molecule has 0 bridgehead atoms. The molecule has 0 atom stereocenters. The third kappa shape index (κ3) is 3.06. The maximum Gasteiger partial charge on any atom is 0.257 e. The lowest BCUT2D eigenvalue weighted by molar-refractivity contribution is 0.102. The number of likely N-dealkylation sites (N-methyl/N-ethyl adjacent to an activating group) is 1. The summed E-state index contributed by atoms with van der Waals surface area (Å²) in [7, 11) is 4.10. The zero-order chi connectivity index (χ0) is 18.1. The minimum Gasteiger partial charge on any atom is -0.491 e. The summed E-state index contributed by atoms with van der Waals surface area (Å²) in [5, 5.41) is 4.01. The number of nitrogens with zero attached hydrogens (tertiary/aromatic N) is 2. The van der Waals surface area contributed by atoms with Crippen molar-refractivity contribution in [3.05, 3.63) is 59.8 Å². The molecule has 1 aliphatic rings. The van der Waals surface area contributed by atoms with Crippen LogP contribution in [0.15, 0.2) is 48.7 Å². The molecule has 0 fully saturated rings. The number of rotatable bonds is 5. The monoisotopic (exact) mass is 349 g/mol. The number of ether oxygens (including phenoxy) is 1. The molecule has 1 aliphatic heterocycles. The van der Waals surface area contributed by atoms with Crippen LogP contribution in [0.4, 0.5) is 5.69 Å². The highest BCUT2D eigenvalue weighted by Crippen LogP contribution is 2.34. The summed E-state index contributed by atoms with van der Waals surface area (Å²) < 4.78 is 7.85. The van der Waals surface area contributed by atoms with Crippen LogP contribution in [-0.4, -0.2) is 42.6 Å². The molecule has 0 aliphatic carbocycles. The molecule has 1 N–H and O–H groups in total. The minimum absolute atomic E-state index is 0.103. The second kappa shape index (κ2) is 6.84. The number of anilines is 1. The van der Waals surface area contributed by atoms with E-state index in [2.05, 4.69) is 34.9 Å². The molecular formula is C21H23N3O2. The zero-order valence-corrected chi connectivity index (χ0v) is 15.2. The Balaban J connectivity index is 1.66. The van der Waals surface area contributed by atoms with Crippen LogP contribution in [0.2, 0.25) is 0 Å². The molecule has 1 amide bonds. The summed E-state index contributed by atoms with van der Waals surface area (Å²) in [4.78, 5) is 15.1. The van der Waals surface area contributed by atoms with Gasteiger partial charge in [0.2, 0.25) is 0 Å². The molecule has 2 heterocycles. The maximum atomic E-state index is 13.0. The van der Waals surface area contributed by atoms with E-state index in [9.17, 15) is 4.79 Å². The van der Waals surface area contributed by atoms with Crippen LogP contribution in [0, 0.1) is 0 Å². The fourth-order valence-electron chi connectivity index (χ4n) is 3.42. The van der Waals surface area contributed by atoms with E-state index in [4.69, 9.17) is 4.74 Å². The molecule has 4 rings (SSSR count). The number of benzene rings is 2. The van der Waals surface area contributed by atoms with Gasteiger partial charge in [0.25, 0.3) is 5.91 Å². The SMILES string of the molecule is CN(C)CCn1cc(C(=O)Nc2cccc3c2OCC3)c2ccccc21. The van der Waals surface area contributed by atoms with Gasteiger partial charge in [-0.05, 0) is 31.8 Å². The molecule has 3 aromatic rings. The Morgan fingerprint density at radius 3 is 2.88 bits per heavy atom. The van der Waals surface area contributed by atoms with Crippen molar-refractivity contribution in [2.75, 3.05) is 32.6 Å². The van der Waals surface area contributed by atoms with Crippen molar-refractivity contribution in [1.82, 2.24) is 9.47 Å². The van der Waals surface area contributed by atoms with Crippen LogP contribution in [-0.2, 0) is 13.0 Å². The van der Waals surface area contributed by atoms with Gasteiger partial charge in [-0.25, -0.2) is 0 Å². The van der Waals surface area contributed by atoms with Gasteiger partial charge in [0.05, 0.1) is 17.9 Å². The Morgan fingerprint density at radius 1 is 1.19 bits per heavy atom. The molecule has 1 aromatic heterocycles. The van der Waals surface area contributed by atoms with Gasteiger partial charge in [-0.2, -0.15) is 0 Å². The number of hydrogen-bond donors (Lipinski definition) is 1. The Morgan fingerprint density at radius 2 is 2.04 bits per heavy atom. The van der Waals surface area contributed by atoms with Gasteiger partial charge in [-0.1, -0.05) is 30.3 Å². The Bertz CT molecular complexity index is 959. The highest BCUT2D eigenvalue weighted by molar-refractivity contribution is 6.13. The van der Waals surface area contributed by atoms with Gasteiger partial charge >= 0.3 is 0 Å². The first-order valence-electron chi connectivity index (χ1n) is 8.92. The molecule has 5 nitrogen and oxygen atoms in total. The Hall–Kier alpha value is -2.79. The van der Waals surface area contributed by atoms with Gasteiger partial charge in [0.15, 0.2) is 0 Å². The van der Waals surface area contributed by atoms with E-state index in [0.717, 1.165) is 47.4 Å². The summed E-state index contributed by atoms with van der Waals surface area (Å²) in [6, 6.07) is 13.9. The standard InChI is InChI=1S/C21H23N3O2/c1-23(2)11-12-24-14-17(16-7-3-4-9-19(16)24)21(25)22-18-8-5-6-15-10-13-26-20(15)18/h3-9,14H,10-13H2,1-2H3,(H,22,25). The second-order valence-electron chi connectivity index (χ2n) is 6.90. The second-order valence-corrected chi connectivity index (χ2v) is 6.90. The highest BCUT2D eigenvalue weighted by Gasteiger charge is 2.20. The molecule has 5 heteroatoms. The number of fused-ring (bicyclic) bond motifs is 2. The van der Waals surface area contributed by atoms with Crippen LogP contribution in [0.5, 0.6) is 5.75 Å². The number of carbonyl (C=O) groups is 1. The lowest BCUT2D eigenvalue weighted by Gasteiger charge is -2.11. The number of aromatic nitrogens is 1. The van der Waals surface area contributed by atoms with Crippen LogP contribution in [0.1, 0.15) is 15.9 Å². The van der Waals surface area contributed by atoms with Crippen LogP contribution in [0.25, 0.3) is 10.9 Å². The molecule has 26 heavy (non-hydrogen) atoms. The zero-order valence-electron chi connectivity index (χ0n) is 15.2. The average molecular weight is 349 g/mol. The Labute approximate surface area is 153 Å². The maximum absolute atomic E-state index is 13.0. The van der Waals surface area contributed by atoms with Crippen molar-refractivity contribution >= 4 is 22.5 Å². The minimum atomic E-state index is -0.103. The predicted octanol–water partition coefficient (Wildman–Crippen LogP) is 3.39. The van der Waals surface area contributed by atoms with E-state index < -0.39 is 0 Å². The number of amides is 1. The number of hydrogen-bond acceptors (Lipinski definition) is 3. The molecule has 134 valence electrons. The van der Waals surface area contributed by atoms with Gasteiger partial charge in [-0.15, -0.1) is 0 Å². The predicted molar refractivity (Wildman–Crippen MR) is 104 cm³/mol. The fraction of sp³-hybridized carbons (Fsp3) is 0.286. The van der Waals surface area contributed by atoms with Crippen LogP contribution >= 0.6 is 0 Å². The molecular weight excluding hydrogens is 326 g/mol. The van der Waals surface area contributed by atoms with Crippen molar-refractivity contribution in [2.45, 2.75) is 13.0 Å². The van der Waals surface area contributed by atoms with Gasteiger partial charge in [-0.3, -0.25) is 4.79 Å². The summed E-state index contributed by atoms with van der Waals surface area (Å²) in [5.41, 5.74) is 3.66. The molecule has 0 spiro atoms. The van der Waals surface area contributed by atoms with E-state index in [1.54, 1.807) is 0 Å². The van der Waals surface area contributed by atoms with E-state index >= 15 is 0 Å². The average Bonchev–Trinajstić information content (AvgIpc) is 3.25. The summed E-state index contributed by atoms with van der Waals surface area (Å²) in [6.07, 6.45) is 2.84. The van der Waals surface area contributed by atoms with Crippen molar-refractivity contribution in [1.29, 1.82) is 0 Å².